The Labute approximate surface area is 175 Å². The molecule has 0 aromatic carbocycles. The monoisotopic (exact) mass is 419 g/mol. The first-order valence-corrected chi connectivity index (χ1v) is 13.1. The molecule has 2 aromatic rings. The Balaban J connectivity index is 1.94. The van der Waals surface area contributed by atoms with Crippen LogP contribution >= 0.6 is 0 Å². The minimum Gasteiger partial charge on any atom is -0.410 e. The molecule has 0 saturated carbocycles. The molecule has 3 rings (SSSR count). The van der Waals surface area contributed by atoms with Gasteiger partial charge in [0.2, 0.25) is 8.32 Å². The zero-order valence-corrected chi connectivity index (χ0v) is 20.1. The van der Waals surface area contributed by atoms with E-state index < -0.39 is 8.32 Å². The van der Waals surface area contributed by atoms with Gasteiger partial charge in [-0.15, -0.1) is 0 Å². The summed E-state index contributed by atoms with van der Waals surface area (Å²) in [6.07, 6.45) is 3.11. The minimum atomic E-state index is -1.99. The lowest BCUT2D eigenvalue weighted by atomic mass is 10.1. The minimum absolute atomic E-state index is 0.0573. The van der Waals surface area contributed by atoms with Crippen LogP contribution in [0.25, 0.3) is 11.0 Å². The van der Waals surface area contributed by atoms with Gasteiger partial charge in [0.15, 0.2) is 11.9 Å². The molecule has 29 heavy (non-hydrogen) atoms. The lowest BCUT2D eigenvalue weighted by Crippen LogP contribution is -2.51. The van der Waals surface area contributed by atoms with Gasteiger partial charge >= 0.3 is 0 Å². The van der Waals surface area contributed by atoms with Crippen molar-refractivity contribution in [1.82, 2.24) is 19.7 Å². The Morgan fingerprint density at radius 2 is 1.79 bits per heavy atom. The van der Waals surface area contributed by atoms with Crippen molar-refractivity contribution in [3.8, 4) is 0 Å². The molecule has 7 nitrogen and oxygen atoms in total. The van der Waals surface area contributed by atoms with Gasteiger partial charge in [-0.2, -0.15) is 5.10 Å². The molecule has 3 heterocycles. The number of rotatable bonds is 7. The number of aryl methyl sites for hydroxylation is 1. The van der Waals surface area contributed by atoms with Crippen LogP contribution in [0.15, 0.2) is 6.33 Å². The van der Waals surface area contributed by atoms with Gasteiger partial charge in [-0.1, -0.05) is 48.5 Å². The maximum atomic E-state index is 7.10. The lowest BCUT2D eigenvalue weighted by Gasteiger charge is -2.44. The molecule has 0 radical (unpaired) electrons. The summed E-state index contributed by atoms with van der Waals surface area (Å²) in [7, 11) is -1.99. The first-order chi connectivity index (χ1) is 13.6. The first kappa shape index (κ1) is 22.2. The maximum Gasteiger partial charge on any atom is 0.200 e. The molecular weight excluding hydrogens is 382 g/mol. The standard InChI is InChI=1S/C21H37N5O2Si/c1-9-16-17(28-29(12(2)3,13(4)5)14(6)7)10-18(27-16)26-21-19(15(8)25-26)20(22)23-11-24-21/h11-14,16-18H,9-10H2,1-8H3,(H2,22,23,24)/t16-,17+,18-/m1/s1. The lowest BCUT2D eigenvalue weighted by molar-refractivity contribution is -0.0218. The van der Waals surface area contributed by atoms with Crippen molar-refractivity contribution in [3.63, 3.8) is 0 Å². The Morgan fingerprint density at radius 3 is 2.34 bits per heavy atom. The summed E-state index contributed by atoms with van der Waals surface area (Å²) < 4.78 is 15.4. The first-order valence-electron chi connectivity index (χ1n) is 10.9. The highest BCUT2D eigenvalue weighted by molar-refractivity contribution is 6.77. The molecule has 3 atom stereocenters. The largest absolute Gasteiger partial charge is 0.410 e. The third-order valence-electron chi connectivity index (χ3n) is 6.61. The summed E-state index contributed by atoms with van der Waals surface area (Å²) in [5.41, 5.74) is 9.25. The Morgan fingerprint density at radius 1 is 1.17 bits per heavy atom. The van der Waals surface area contributed by atoms with Crippen molar-refractivity contribution in [2.45, 2.75) is 103 Å². The van der Waals surface area contributed by atoms with Gasteiger partial charge in [-0.3, -0.25) is 0 Å². The predicted octanol–water partition coefficient (Wildman–Crippen LogP) is 4.98. The van der Waals surface area contributed by atoms with Crippen LogP contribution in [-0.4, -0.2) is 40.3 Å². The molecule has 0 spiro atoms. The number of hydrogen-bond acceptors (Lipinski definition) is 6. The summed E-state index contributed by atoms with van der Waals surface area (Å²) >= 11 is 0. The van der Waals surface area contributed by atoms with Crippen LogP contribution in [0.1, 0.15) is 73.2 Å². The van der Waals surface area contributed by atoms with Gasteiger partial charge in [0.05, 0.1) is 23.3 Å². The van der Waals surface area contributed by atoms with E-state index in [4.69, 9.17) is 20.0 Å². The molecule has 1 aliphatic heterocycles. The molecular formula is C21H37N5O2Si. The molecule has 1 saturated heterocycles. The number of aromatic nitrogens is 4. The van der Waals surface area contributed by atoms with Gasteiger partial charge in [-0.05, 0) is 30.0 Å². The number of ether oxygens (including phenoxy) is 1. The highest BCUT2D eigenvalue weighted by atomic mass is 28.4. The van der Waals surface area contributed by atoms with Crippen molar-refractivity contribution in [2.24, 2.45) is 0 Å². The summed E-state index contributed by atoms with van der Waals surface area (Å²) in [6.45, 7) is 18.0. The Hall–Kier alpha value is -1.51. The number of nitrogens with zero attached hydrogens (tertiary/aromatic N) is 4. The zero-order chi connectivity index (χ0) is 21.5. The fraction of sp³-hybridized carbons (Fsp3) is 0.762. The number of nitrogens with two attached hydrogens (primary N) is 1. The Bertz CT molecular complexity index is 829. The maximum absolute atomic E-state index is 7.10. The molecule has 162 valence electrons. The van der Waals surface area contributed by atoms with Crippen LogP contribution in [-0.2, 0) is 9.16 Å². The topological polar surface area (TPSA) is 88.1 Å². The van der Waals surface area contributed by atoms with Crippen LogP contribution in [0.2, 0.25) is 16.6 Å². The van der Waals surface area contributed by atoms with E-state index in [0.717, 1.165) is 29.6 Å². The van der Waals surface area contributed by atoms with Crippen LogP contribution < -0.4 is 5.73 Å². The van der Waals surface area contributed by atoms with Crippen molar-refractivity contribution in [1.29, 1.82) is 0 Å². The smallest absolute Gasteiger partial charge is 0.200 e. The third-order valence-corrected chi connectivity index (χ3v) is 12.7. The fourth-order valence-corrected chi connectivity index (χ4v) is 11.0. The van der Waals surface area contributed by atoms with E-state index in [9.17, 15) is 0 Å². The van der Waals surface area contributed by atoms with Gasteiger partial charge in [0.25, 0.3) is 0 Å². The molecule has 0 unspecified atom stereocenters. The van der Waals surface area contributed by atoms with E-state index in [-0.39, 0.29) is 18.4 Å². The van der Waals surface area contributed by atoms with E-state index >= 15 is 0 Å². The number of nitrogen functional groups attached to an aromatic ring is 1. The second-order valence-corrected chi connectivity index (χ2v) is 14.6. The summed E-state index contributed by atoms with van der Waals surface area (Å²) in [5.74, 6) is 0.461. The molecule has 2 aromatic heterocycles. The van der Waals surface area contributed by atoms with Crippen LogP contribution in [0.3, 0.4) is 0 Å². The Kier molecular flexibility index (Phi) is 6.36. The van der Waals surface area contributed by atoms with Crippen LogP contribution in [0.5, 0.6) is 0 Å². The van der Waals surface area contributed by atoms with Gasteiger partial charge < -0.3 is 14.9 Å². The van der Waals surface area contributed by atoms with Crippen molar-refractivity contribution in [3.05, 3.63) is 12.0 Å². The quantitative estimate of drug-likeness (QED) is 0.637. The highest BCUT2D eigenvalue weighted by Crippen LogP contribution is 2.46. The van der Waals surface area contributed by atoms with Crippen molar-refractivity contribution >= 4 is 25.2 Å². The molecule has 8 heteroatoms. The SMILES string of the molecule is CC[C@H]1O[C@@H](n2nc(C)c3c(N)ncnc32)C[C@@H]1O[Si](C(C)C)(C(C)C)C(C)C. The second kappa shape index (κ2) is 8.32. The number of anilines is 1. The second-order valence-electron chi connectivity index (χ2n) is 9.23. The van der Waals surface area contributed by atoms with E-state index in [0.29, 0.717) is 22.4 Å². The summed E-state index contributed by atoms with van der Waals surface area (Å²) in [4.78, 5) is 8.55. The predicted molar refractivity (Wildman–Crippen MR) is 119 cm³/mol. The van der Waals surface area contributed by atoms with E-state index in [1.807, 2.05) is 11.6 Å². The molecule has 1 aliphatic rings. The molecule has 0 amide bonds. The summed E-state index contributed by atoms with van der Waals surface area (Å²) in [6, 6.07) is 0. The van der Waals surface area contributed by atoms with E-state index in [1.165, 1.54) is 6.33 Å². The van der Waals surface area contributed by atoms with Gasteiger partial charge in [0.1, 0.15) is 12.1 Å². The zero-order valence-electron chi connectivity index (χ0n) is 19.1. The average molecular weight is 420 g/mol. The van der Waals surface area contributed by atoms with Gasteiger partial charge in [-0.25, -0.2) is 14.6 Å². The van der Waals surface area contributed by atoms with Crippen LogP contribution in [0.4, 0.5) is 5.82 Å². The molecule has 0 aliphatic carbocycles. The molecule has 2 N–H and O–H groups in total. The van der Waals surface area contributed by atoms with Gasteiger partial charge in [0, 0.05) is 6.42 Å². The number of fused-ring (bicyclic) bond motifs is 1. The van der Waals surface area contributed by atoms with Crippen molar-refractivity contribution in [2.75, 3.05) is 5.73 Å². The number of hydrogen-bond donors (Lipinski definition) is 1. The molecule has 1 fully saturated rings. The summed E-state index contributed by atoms with van der Waals surface area (Å²) in [5, 5.41) is 5.51. The average Bonchev–Trinajstić information content (AvgIpc) is 3.20. The van der Waals surface area contributed by atoms with E-state index in [1.54, 1.807) is 0 Å². The normalized spacial score (nSPS) is 23.2. The van der Waals surface area contributed by atoms with Crippen molar-refractivity contribution < 1.29 is 9.16 Å². The van der Waals surface area contributed by atoms with Crippen LogP contribution in [0, 0.1) is 6.92 Å². The van der Waals surface area contributed by atoms with E-state index in [2.05, 4.69) is 58.4 Å². The fourth-order valence-electron chi connectivity index (χ4n) is 5.38. The molecule has 0 bridgehead atoms. The highest BCUT2D eigenvalue weighted by Gasteiger charge is 2.50. The third kappa shape index (κ3) is 3.70.